The van der Waals surface area contributed by atoms with E-state index in [9.17, 15) is 4.79 Å². The van der Waals surface area contributed by atoms with Gasteiger partial charge in [-0.2, -0.15) is 0 Å². The average molecular weight is 208 g/mol. The Bertz CT molecular complexity index is 323. The zero-order valence-corrected chi connectivity index (χ0v) is 9.15. The molecule has 0 aliphatic rings. The molecule has 0 saturated heterocycles. The van der Waals surface area contributed by atoms with E-state index in [1.807, 2.05) is 25.4 Å². The quantitative estimate of drug-likeness (QED) is 0.571. The smallest absolute Gasteiger partial charge is 0.303 e. The van der Waals surface area contributed by atoms with Gasteiger partial charge >= 0.3 is 5.97 Å². The number of rotatable bonds is 6. The van der Waals surface area contributed by atoms with Crippen LogP contribution in [-0.4, -0.2) is 11.1 Å². The minimum atomic E-state index is -0.694. The summed E-state index contributed by atoms with van der Waals surface area (Å²) in [7, 11) is 2.03. The number of aliphatic carboxylic acids is 1. The molecule has 15 heavy (non-hydrogen) atoms. The van der Waals surface area contributed by atoms with E-state index < -0.39 is 5.97 Å². The van der Waals surface area contributed by atoms with Crippen molar-refractivity contribution in [3.05, 3.63) is 30.1 Å². The van der Waals surface area contributed by atoms with Crippen LogP contribution in [0, 0.1) is 0 Å². The monoisotopic (exact) mass is 208 g/mol. The van der Waals surface area contributed by atoms with Crippen LogP contribution in [0.5, 0.6) is 0 Å². The normalized spacial score (nSPS) is 10.2. The molecule has 1 N–H and O–H groups in total. The number of aryl methyl sites for hydroxylation is 2. The summed E-state index contributed by atoms with van der Waals surface area (Å²) in [5.74, 6) is -0.694. The highest BCUT2D eigenvalue weighted by molar-refractivity contribution is 5.66. The van der Waals surface area contributed by atoms with Gasteiger partial charge in [-0.25, -0.2) is 4.57 Å². The lowest BCUT2D eigenvalue weighted by molar-refractivity contribution is -0.679. The number of hydrogen-bond donors (Lipinski definition) is 1. The number of carboxylic acid groups (broad SMARTS) is 1. The first-order valence-electron chi connectivity index (χ1n) is 5.35. The second kappa shape index (κ2) is 6.17. The number of carbonyl (C=O) groups is 1. The Morgan fingerprint density at radius 1 is 1.33 bits per heavy atom. The van der Waals surface area contributed by atoms with Crippen LogP contribution in [0.2, 0.25) is 0 Å². The second-order valence-electron chi connectivity index (χ2n) is 3.76. The van der Waals surface area contributed by atoms with Gasteiger partial charge in [0.15, 0.2) is 11.9 Å². The van der Waals surface area contributed by atoms with Gasteiger partial charge in [-0.1, -0.05) is 12.5 Å². The maximum absolute atomic E-state index is 10.3. The molecule has 0 aliphatic heterocycles. The molecule has 0 aliphatic carbocycles. The minimum Gasteiger partial charge on any atom is -0.481 e. The number of pyridine rings is 1. The number of aromatic nitrogens is 1. The highest BCUT2D eigenvalue weighted by atomic mass is 16.4. The molecular weight excluding hydrogens is 190 g/mol. The number of unbranched alkanes of at least 4 members (excludes halogenated alkanes) is 2. The molecular formula is C12H18NO2+. The molecule has 0 atom stereocenters. The molecule has 1 aromatic rings. The van der Waals surface area contributed by atoms with E-state index >= 15 is 0 Å². The summed E-state index contributed by atoms with van der Waals surface area (Å²) in [6.07, 6.45) is 6.18. The van der Waals surface area contributed by atoms with Crippen molar-refractivity contribution in [2.75, 3.05) is 0 Å². The van der Waals surface area contributed by atoms with Crippen molar-refractivity contribution in [2.24, 2.45) is 7.05 Å². The van der Waals surface area contributed by atoms with Crippen molar-refractivity contribution in [3.8, 4) is 0 Å². The summed E-state index contributed by atoms with van der Waals surface area (Å²) in [5, 5.41) is 8.47. The highest BCUT2D eigenvalue weighted by Crippen LogP contribution is 2.04. The van der Waals surface area contributed by atoms with Crippen LogP contribution >= 0.6 is 0 Å². The van der Waals surface area contributed by atoms with Crippen LogP contribution in [0.15, 0.2) is 24.4 Å². The van der Waals surface area contributed by atoms with Crippen molar-refractivity contribution in [2.45, 2.75) is 32.1 Å². The van der Waals surface area contributed by atoms with Crippen LogP contribution < -0.4 is 4.57 Å². The first-order chi connectivity index (χ1) is 7.20. The number of carboxylic acids is 1. The average Bonchev–Trinajstić information content (AvgIpc) is 2.20. The van der Waals surface area contributed by atoms with Crippen molar-refractivity contribution in [1.82, 2.24) is 0 Å². The van der Waals surface area contributed by atoms with Gasteiger partial charge in [0, 0.05) is 25.0 Å². The topological polar surface area (TPSA) is 41.2 Å². The van der Waals surface area contributed by atoms with Gasteiger partial charge < -0.3 is 5.11 Å². The summed E-state index contributed by atoms with van der Waals surface area (Å²) in [5.41, 5.74) is 1.30. The van der Waals surface area contributed by atoms with E-state index in [4.69, 9.17) is 5.11 Å². The molecule has 1 aromatic heterocycles. The van der Waals surface area contributed by atoms with Gasteiger partial charge in [-0.3, -0.25) is 4.79 Å². The van der Waals surface area contributed by atoms with Gasteiger partial charge in [0.05, 0.1) is 0 Å². The predicted molar refractivity (Wildman–Crippen MR) is 57.4 cm³/mol. The second-order valence-corrected chi connectivity index (χ2v) is 3.76. The molecule has 1 heterocycles. The Morgan fingerprint density at radius 3 is 2.80 bits per heavy atom. The van der Waals surface area contributed by atoms with Crippen molar-refractivity contribution in [1.29, 1.82) is 0 Å². The Kier molecular flexibility index (Phi) is 4.81. The van der Waals surface area contributed by atoms with Crippen LogP contribution in [0.4, 0.5) is 0 Å². The third-order valence-electron chi connectivity index (χ3n) is 2.49. The standard InChI is InChI=1S/C12H17NO2/c1-13-10-6-5-8-11(13)7-3-2-4-9-12(14)15/h5-6,8,10H,2-4,7,9H2,1H3/p+1. The summed E-state index contributed by atoms with van der Waals surface area (Å²) in [6.45, 7) is 0. The molecule has 3 nitrogen and oxygen atoms in total. The number of nitrogens with zero attached hydrogens (tertiary/aromatic N) is 1. The zero-order chi connectivity index (χ0) is 11.1. The molecule has 0 bridgehead atoms. The molecule has 0 aromatic carbocycles. The molecule has 0 spiro atoms. The molecule has 0 radical (unpaired) electrons. The molecule has 0 fully saturated rings. The summed E-state index contributed by atoms with van der Waals surface area (Å²) in [6, 6.07) is 6.15. The van der Waals surface area contributed by atoms with Gasteiger partial charge in [0.2, 0.25) is 0 Å². The minimum absolute atomic E-state index is 0.293. The fourth-order valence-electron chi connectivity index (χ4n) is 1.58. The van der Waals surface area contributed by atoms with Crippen LogP contribution in [0.25, 0.3) is 0 Å². The van der Waals surface area contributed by atoms with E-state index in [1.54, 1.807) is 0 Å². The van der Waals surface area contributed by atoms with E-state index in [2.05, 4.69) is 10.6 Å². The number of hydrogen-bond acceptors (Lipinski definition) is 1. The molecule has 0 unspecified atom stereocenters. The maximum atomic E-state index is 10.3. The van der Waals surface area contributed by atoms with E-state index in [0.29, 0.717) is 6.42 Å². The Labute approximate surface area is 90.4 Å². The van der Waals surface area contributed by atoms with Gasteiger partial charge in [-0.15, -0.1) is 0 Å². The van der Waals surface area contributed by atoms with Gasteiger partial charge in [-0.05, 0) is 12.8 Å². The van der Waals surface area contributed by atoms with Crippen LogP contribution in [-0.2, 0) is 18.3 Å². The van der Waals surface area contributed by atoms with Crippen molar-refractivity contribution in [3.63, 3.8) is 0 Å². The Balaban J connectivity index is 2.21. The van der Waals surface area contributed by atoms with Gasteiger partial charge in [0.25, 0.3) is 0 Å². The fourth-order valence-corrected chi connectivity index (χ4v) is 1.58. The summed E-state index contributed by atoms with van der Waals surface area (Å²) >= 11 is 0. The highest BCUT2D eigenvalue weighted by Gasteiger charge is 2.04. The lowest BCUT2D eigenvalue weighted by Crippen LogP contribution is -2.32. The first-order valence-corrected chi connectivity index (χ1v) is 5.35. The molecule has 0 saturated carbocycles. The Hall–Kier alpha value is -1.38. The van der Waals surface area contributed by atoms with Gasteiger partial charge in [0.1, 0.15) is 7.05 Å². The SMILES string of the molecule is C[n+]1ccccc1CCCCCC(=O)O. The summed E-state index contributed by atoms with van der Waals surface area (Å²) < 4.78 is 2.11. The molecule has 3 heteroatoms. The lowest BCUT2D eigenvalue weighted by atomic mass is 10.1. The van der Waals surface area contributed by atoms with Crippen molar-refractivity contribution < 1.29 is 14.5 Å². The molecule has 1 rings (SSSR count). The van der Waals surface area contributed by atoms with Crippen molar-refractivity contribution >= 4 is 5.97 Å². The fraction of sp³-hybridized carbons (Fsp3) is 0.500. The largest absolute Gasteiger partial charge is 0.481 e. The first kappa shape index (κ1) is 11.7. The van der Waals surface area contributed by atoms with E-state index in [-0.39, 0.29) is 0 Å². The van der Waals surface area contributed by atoms with E-state index in [0.717, 1.165) is 25.7 Å². The molecule has 82 valence electrons. The van der Waals surface area contributed by atoms with Crippen LogP contribution in [0.3, 0.4) is 0 Å². The summed E-state index contributed by atoms with van der Waals surface area (Å²) in [4.78, 5) is 10.3. The maximum Gasteiger partial charge on any atom is 0.303 e. The third-order valence-corrected chi connectivity index (χ3v) is 2.49. The van der Waals surface area contributed by atoms with Crippen LogP contribution in [0.1, 0.15) is 31.4 Å². The van der Waals surface area contributed by atoms with E-state index in [1.165, 1.54) is 5.69 Å². The Morgan fingerprint density at radius 2 is 2.13 bits per heavy atom. The zero-order valence-electron chi connectivity index (χ0n) is 9.15. The third kappa shape index (κ3) is 4.58. The lowest BCUT2D eigenvalue weighted by Gasteiger charge is -1.99. The predicted octanol–water partition coefficient (Wildman–Crippen LogP) is 1.70. The molecule has 0 amide bonds.